The maximum absolute atomic E-state index is 11.5. The minimum Gasteiger partial charge on any atom is -0.497 e. The number of nitrogens with one attached hydrogen (secondary N) is 2. The molecule has 4 nitrogen and oxygen atoms in total. The van der Waals surface area contributed by atoms with Gasteiger partial charge in [0.25, 0.3) is 0 Å². The van der Waals surface area contributed by atoms with Crippen molar-refractivity contribution in [2.45, 2.75) is 33.2 Å². The molecule has 0 aliphatic carbocycles. The van der Waals surface area contributed by atoms with E-state index in [0.717, 1.165) is 30.7 Å². The zero-order chi connectivity index (χ0) is 14.1. The first-order valence-electron chi connectivity index (χ1n) is 6.76. The maximum atomic E-state index is 11.5. The Morgan fingerprint density at radius 2 is 1.89 bits per heavy atom. The Kier molecular flexibility index (Phi) is 6.79. The summed E-state index contributed by atoms with van der Waals surface area (Å²) in [6, 6.07) is 7.55. The summed E-state index contributed by atoms with van der Waals surface area (Å²) in [5.41, 5.74) is 1.05. The highest BCUT2D eigenvalue weighted by Gasteiger charge is 2.01. The van der Waals surface area contributed by atoms with Crippen molar-refractivity contribution in [2.24, 2.45) is 5.92 Å². The van der Waals surface area contributed by atoms with Gasteiger partial charge in [0.15, 0.2) is 0 Å². The maximum Gasteiger partial charge on any atom is 0.315 e. The Morgan fingerprint density at radius 1 is 1.21 bits per heavy atom. The molecular weight excluding hydrogens is 240 g/mol. The van der Waals surface area contributed by atoms with Crippen LogP contribution >= 0.6 is 0 Å². The van der Waals surface area contributed by atoms with Crippen LogP contribution in [0.25, 0.3) is 0 Å². The van der Waals surface area contributed by atoms with Gasteiger partial charge in [-0.05, 0) is 36.5 Å². The van der Waals surface area contributed by atoms with E-state index in [-0.39, 0.29) is 6.03 Å². The van der Waals surface area contributed by atoms with Crippen LogP contribution in [0.4, 0.5) is 4.79 Å². The van der Waals surface area contributed by atoms with Crippen molar-refractivity contribution in [3.63, 3.8) is 0 Å². The highest BCUT2D eigenvalue weighted by molar-refractivity contribution is 5.73. The molecule has 0 fully saturated rings. The van der Waals surface area contributed by atoms with Gasteiger partial charge in [-0.15, -0.1) is 0 Å². The lowest BCUT2D eigenvalue weighted by molar-refractivity contribution is 0.240. The highest BCUT2D eigenvalue weighted by Crippen LogP contribution is 2.10. The summed E-state index contributed by atoms with van der Waals surface area (Å²) in [6.07, 6.45) is 2.16. The Hall–Kier alpha value is -1.71. The van der Waals surface area contributed by atoms with E-state index in [1.165, 1.54) is 0 Å². The number of hydrogen-bond donors (Lipinski definition) is 2. The standard InChI is InChI=1S/C15H24N2O2/c1-12(2)5-4-10-16-15(18)17-11-13-6-8-14(19-3)9-7-13/h6-9,12H,4-5,10-11H2,1-3H3,(H2,16,17,18). The minimum atomic E-state index is -0.112. The summed E-state index contributed by atoms with van der Waals surface area (Å²) in [5.74, 6) is 1.51. The molecule has 0 heterocycles. The van der Waals surface area contributed by atoms with E-state index >= 15 is 0 Å². The van der Waals surface area contributed by atoms with Gasteiger partial charge in [-0.1, -0.05) is 26.0 Å². The SMILES string of the molecule is COc1ccc(CNC(=O)NCCCC(C)C)cc1. The Bertz CT molecular complexity index is 374. The number of urea groups is 1. The van der Waals surface area contributed by atoms with Gasteiger partial charge in [0, 0.05) is 13.1 Å². The summed E-state index contributed by atoms with van der Waals surface area (Å²) in [7, 11) is 1.64. The van der Waals surface area contributed by atoms with Crippen LogP contribution < -0.4 is 15.4 Å². The smallest absolute Gasteiger partial charge is 0.315 e. The van der Waals surface area contributed by atoms with Crippen molar-refractivity contribution < 1.29 is 9.53 Å². The van der Waals surface area contributed by atoms with E-state index in [1.54, 1.807) is 7.11 Å². The van der Waals surface area contributed by atoms with Crippen molar-refractivity contribution in [3.05, 3.63) is 29.8 Å². The fourth-order valence-electron chi connectivity index (χ4n) is 1.70. The van der Waals surface area contributed by atoms with Crippen molar-refractivity contribution in [2.75, 3.05) is 13.7 Å². The van der Waals surface area contributed by atoms with Crippen LogP contribution in [-0.4, -0.2) is 19.7 Å². The monoisotopic (exact) mass is 264 g/mol. The molecule has 1 rings (SSSR count). The van der Waals surface area contributed by atoms with Gasteiger partial charge in [-0.25, -0.2) is 4.79 Å². The van der Waals surface area contributed by atoms with E-state index in [0.29, 0.717) is 12.5 Å². The molecule has 0 atom stereocenters. The third-order valence-electron chi connectivity index (χ3n) is 2.86. The van der Waals surface area contributed by atoms with E-state index < -0.39 is 0 Å². The third-order valence-corrected chi connectivity index (χ3v) is 2.86. The molecule has 0 saturated carbocycles. The number of benzene rings is 1. The average Bonchev–Trinajstić information content (AvgIpc) is 2.41. The van der Waals surface area contributed by atoms with E-state index in [9.17, 15) is 4.79 Å². The zero-order valence-corrected chi connectivity index (χ0v) is 12.0. The molecule has 106 valence electrons. The molecule has 0 unspecified atom stereocenters. The number of carbonyl (C=O) groups is 1. The Morgan fingerprint density at radius 3 is 2.47 bits per heavy atom. The number of carbonyl (C=O) groups excluding carboxylic acids is 1. The molecule has 2 N–H and O–H groups in total. The third kappa shape index (κ3) is 6.70. The fourth-order valence-corrected chi connectivity index (χ4v) is 1.70. The molecule has 1 aromatic rings. The zero-order valence-electron chi connectivity index (χ0n) is 12.0. The second kappa shape index (κ2) is 8.40. The van der Waals surface area contributed by atoms with Gasteiger partial charge >= 0.3 is 6.03 Å². The summed E-state index contributed by atoms with van der Waals surface area (Å²) in [4.78, 5) is 11.5. The fraction of sp³-hybridized carbons (Fsp3) is 0.533. The van der Waals surface area contributed by atoms with E-state index in [1.807, 2.05) is 24.3 Å². The van der Waals surface area contributed by atoms with Crippen LogP contribution in [0, 0.1) is 5.92 Å². The summed E-state index contributed by atoms with van der Waals surface area (Å²) in [5, 5.41) is 5.69. The van der Waals surface area contributed by atoms with Gasteiger partial charge < -0.3 is 15.4 Å². The molecule has 0 aliphatic heterocycles. The molecule has 1 aromatic carbocycles. The predicted molar refractivity (Wildman–Crippen MR) is 77.3 cm³/mol. The molecule has 0 radical (unpaired) electrons. The highest BCUT2D eigenvalue weighted by atomic mass is 16.5. The van der Waals surface area contributed by atoms with Crippen LogP contribution in [0.1, 0.15) is 32.3 Å². The largest absolute Gasteiger partial charge is 0.497 e. The van der Waals surface area contributed by atoms with Crippen LogP contribution in [0.5, 0.6) is 5.75 Å². The van der Waals surface area contributed by atoms with Gasteiger partial charge in [-0.2, -0.15) is 0 Å². The minimum absolute atomic E-state index is 0.112. The van der Waals surface area contributed by atoms with Crippen molar-refractivity contribution in [1.29, 1.82) is 0 Å². The van der Waals surface area contributed by atoms with Crippen LogP contribution in [0.3, 0.4) is 0 Å². The van der Waals surface area contributed by atoms with Crippen LogP contribution in [0.2, 0.25) is 0 Å². The summed E-state index contributed by atoms with van der Waals surface area (Å²) < 4.78 is 5.08. The topological polar surface area (TPSA) is 50.4 Å². The van der Waals surface area contributed by atoms with Gasteiger partial charge in [0.05, 0.1) is 7.11 Å². The molecule has 4 heteroatoms. The quantitative estimate of drug-likeness (QED) is 0.744. The van der Waals surface area contributed by atoms with Gasteiger partial charge in [0.1, 0.15) is 5.75 Å². The molecule has 0 spiro atoms. The second-order valence-electron chi connectivity index (χ2n) is 4.99. The number of hydrogen-bond acceptors (Lipinski definition) is 2. The number of methoxy groups -OCH3 is 1. The average molecular weight is 264 g/mol. The van der Waals surface area contributed by atoms with Crippen molar-refractivity contribution in [1.82, 2.24) is 10.6 Å². The summed E-state index contributed by atoms with van der Waals surface area (Å²) >= 11 is 0. The first kappa shape index (κ1) is 15.3. The normalized spacial score (nSPS) is 10.3. The lowest BCUT2D eigenvalue weighted by atomic mass is 10.1. The van der Waals surface area contributed by atoms with E-state index in [2.05, 4.69) is 24.5 Å². The van der Waals surface area contributed by atoms with Gasteiger partial charge in [-0.3, -0.25) is 0 Å². The molecule has 0 aromatic heterocycles. The van der Waals surface area contributed by atoms with Crippen LogP contribution in [0.15, 0.2) is 24.3 Å². The van der Waals surface area contributed by atoms with Crippen molar-refractivity contribution >= 4 is 6.03 Å². The van der Waals surface area contributed by atoms with Crippen molar-refractivity contribution in [3.8, 4) is 5.75 Å². The molecule has 0 saturated heterocycles. The first-order valence-corrected chi connectivity index (χ1v) is 6.76. The number of ether oxygens (including phenoxy) is 1. The molecule has 2 amide bonds. The van der Waals surface area contributed by atoms with E-state index in [4.69, 9.17) is 4.74 Å². The lowest BCUT2D eigenvalue weighted by Gasteiger charge is -2.09. The van der Waals surface area contributed by atoms with Gasteiger partial charge in [0.2, 0.25) is 0 Å². The Labute approximate surface area is 115 Å². The van der Waals surface area contributed by atoms with Crippen LogP contribution in [-0.2, 0) is 6.54 Å². The molecule has 19 heavy (non-hydrogen) atoms. The Balaban J connectivity index is 2.18. The summed E-state index contributed by atoms with van der Waals surface area (Å²) in [6.45, 7) is 5.63. The number of rotatable bonds is 7. The first-order chi connectivity index (χ1) is 9.11. The lowest BCUT2D eigenvalue weighted by Crippen LogP contribution is -2.35. The molecular formula is C15H24N2O2. The molecule has 0 bridgehead atoms. The second-order valence-corrected chi connectivity index (χ2v) is 4.99. The predicted octanol–water partition coefficient (Wildman–Crippen LogP) is 2.93. The number of amides is 2. The molecule has 0 aliphatic rings.